The first-order chi connectivity index (χ1) is 65.9. The molecule has 3 nitrogen and oxygen atoms in total. The molecule has 0 aliphatic heterocycles. The predicted octanol–water partition coefficient (Wildman–Crippen LogP) is 37.3. The van der Waals surface area contributed by atoms with Gasteiger partial charge in [0.25, 0.3) is 0 Å². The normalized spacial score (nSPS) is 11.8. The zero-order valence-corrected chi connectivity index (χ0v) is 72.4. The molecule has 618 valence electrons. The van der Waals surface area contributed by atoms with Crippen LogP contribution in [-0.4, -0.2) is 0 Å². The molecule has 0 unspecified atom stereocenters. The van der Waals surface area contributed by atoms with Gasteiger partial charge in [-0.05, 0) is 287 Å². The molecule has 28 aromatic rings. The van der Waals surface area contributed by atoms with Gasteiger partial charge in [0.15, 0.2) is 0 Å². The first-order valence-corrected chi connectivity index (χ1v) is 45.7. The van der Waals surface area contributed by atoms with E-state index in [9.17, 15) is 0 Å². The molecule has 28 rings (SSSR count). The van der Waals surface area contributed by atoms with Crippen molar-refractivity contribution in [3.05, 3.63) is 485 Å². The molecule has 133 heavy (non-hydrogen) atoms. The van der Waals surface area contributed by atoms with Gasteiger partial charge in [0, 0.05) is 32.3 Å². The molecule has 0 radical (unpaired) electrons. The molecule has 0 N–H and O–H groups in total. The molecule has 0 fully saturated rings. The van der Waals surface area contributed by atoms with E-state index in [1.54, 1.807) is 0 Å². The standard InChI is InChI=1S/C46H28O.2C42H26O/c1-2-14-31-27-44-42(26-30(31)13-1)36-25-24-32(28-43(36)47-44)45-38-19-7-9-21-40(38)46(41-22-10-8-20-39(41)45)37-18-6-5-17-35(37)34-23-11-15-29-12-3-4-16-33(29)34;1-2-11-27(12-3-1)28-15-10-16-31(23-28)41-34-17-6-8-19-36(34)42(37-20-9-7-18-35(37)41)32-21-22-33-38-24-29-13-4-5-14-30(29)25-40(38)43-39(33)26-32;1-2-10-27(11-3-1)28-18-20-29(21-19-28)41-34-14-6-8-16-36(34)42(37-17-9-7-15-35(37)41)32-22-23-33-38-24-30-12-4-5-13-31(30)25-40(38)43-39(33)26-32/h1-28H;2*1-26H. The molecule has 3 aromatic heterocycles. The maximum absolute atomic E-state index is 6.54. The summed E-state index contributed by atoms with van der Waals surface area (Å²) in [5.74, 6) is 0. The van der Waals surface area contributed by atoms with Crippen LogP contribution in [0.15, 0.2) is 499 Å². The number of fused-ring (bicyclic) bond motifs is 19. The summed E-state index contributed by atoms with van der Waals surface area (Å²) in [6.45, 7) is 0. The topological polar surface area (TPSA) is 39.4 Å². The maximum atomic E-state index is 6.54. The lowest BCUT2D eigenvalue weighted by atomic mass is 9.83. The summed E-state index contributed by atoms with van der Waals surface area (Å²) in [6, 6.07) is 175. The van der Waals surface area contributed by atoms with Crippen molar-refractivity contribution in [1.82, 2.24) is 0 Å². The first-order valence-electron chi connectivity index (χ1n) is 45.7. The molecule has 0 saturated heterocycles. The molecular weight excluding hydrogens is 1610 g/mol. The van der Waals surface area contributed by atoms with E-state index in [0.29, 0.717) is 0 Å². The highest BCUT2D eigenvalue weighted by molar-refractivity contribution is 6.27. The number of benzene rings is 25. The van der Waals surface area contributed by atoms with Crippen molar-refractivity contribution in [2.45, 2.75) is 0 Å². The van der Waals surface area contributed by atoms with Gasteiger partial charge in [-0.3, -0.25) is 0 Å². The Balaban J connectivity index is 0.000000104. The van der Waals surface area contributed by atoms with E-state index in [2.05, 4.69) is 485 Å². The Morgan fingerprint density at radius 1 is 0.0977 bits per heavy atom. The van der Waals surface area contributed by atoms with E-state index in [1.807, 2.05) is 0 Å². The third kappa shape index (κ3) is 13.1. The molecule has 0 amide bonds. The van der Waals surface area contributed by atoms with Crippen LogP contribution in [0.25, 0.3) is 274 Å². The van der Waals surface area contributed by atoms with Crippen molar-refractivity contribution in [2.75, 3.05) is 0 Å². The smallest absolute Gasteiger partial charge is 0.136 e. The van der Waals surface area contributed by atoms with Gasteiger partial charge in [-0.15, -0.1) is 0 Å². The molecule has 3 heterocycles. The van der Waals surface area contributed by atoms with E-state index >= 15 is 0 Å². The van der Waals surface area contributed by atoms with E-state index in [4.69, 9.17) is 13.3 Å². The predicted molar refractivity (Wildman–Crippen MR) is 565 cm³/mol. The van der Waals surface area contributed by atoms with E-state index in [-0.39, 0.29) is 0 Å². The van der Waals surface area contributed by atoms with Gasteiger partial charge in [0.05, 0.1) is 0 Å². The van der Waals surface area contributed by atoms with Crippen molar-refractivity contribution in [3.8, 4) is 100 Å². The zero-order chi connectivity index (χ0) is 87.6. The van der Waals surface area contributed by atoms with Crippen LogP contribution < -0.4 is 0 Å². The minimum absolute atomic E-state index is 0.909. The lowest BCUT2D eigenvalue weighted by Gasteiger charge is -2.20. The largest absolute Gasteiger partial charge is 0.456 e. The molecular formula is C130H80O3. The summed E-state index contributed by atoms with van der Waals surface area (Å²) >= 11 is 0. The summed E-state index contributed by atoms with van der Waals surface area (Å²) in [4.78, 5) is 0. The van der Waals surface area contributed by atoms with Crippen LogP contribution in [-0.2, 0) is 0 Å². The van der Waals surface area contributed by atoms with Gasteiger partial charge in [-0.25, -0.2) is 0 Å². The van der Waals surface area contributed by atoms with Gasteiger partial charge in [-0.1, -0.05) is 406 Å². The molecule has 0 aliphatic carbocycles. The molecule has 3 heteroatoms. The quantitative estimate of drug-likeness (QED) is 0.135. The SMILES string of the molecule is c1ccc(-c2c3ccccc3c(-c3ccc4c(c3)oc3cc5ccccc5cc34)c3ccccc23)c(-c2cccc3ccccc23)c1.c1ccc(-c2ccc(-c3c4ccccc4c(-c4ccc5c(c4)oc4cc6ccccc6cc45)c4ccccc34)cc2)cc1.c1ccc(-c2cccc(-c3c4ccccc4c(-c4ccc5c(c4)oc4cc6ccccc6cc45)c4ccccc34)c2)cc1. The molecule has 0 aliphatic rings. The van der Waals surface area contributed by atoms with Crippen LogP contribution in [0.3, 0.4) is 0 Å². The van der Waals surface area contributed by atoms with Crippen LogP contribution >= 0.6 is 0 Å². The van der Waals surface area contributed by atoms with Gasteiger partial charge in [0.2, 0.25) is 0 Å². The van der Waals surface area contributed by atoms with Crippen LogP contribution in [0, 0.1) is 0 Å². The van der Waals surface area contributed by atoms with Crippen molar-refractivity contribution >= 4 is 174 Å². The Morgan fingerprint density at radius 3 is 0.699 bits per heavy atom. The zero-order valence-electron chi connectivity index (χ0n) is 72.4. The molecule has 0 atom stereocenters. The third-order valence-corrected chi connectivity index (χ3v) is 27.5. The minimum atomic E-state index is 0.909. The fourth-order valence-electron chi connectivity index (χ4n) is 21.4. The Labute approximate surface area is 766 Å². The average molecular weight is 1690 g/mol. The lowest BCUT2D eigenvalue weighted by Crippen LogP contribution is -1.93. The molecule has 25 aromatic carbocycles. The molecule has 0 bridgehead atoms. The highest BCUT2D eigenvalue weighted by Crippen LogP contribution is 2.52. The summed E-state index contributed by atoms with van der Waals surface area (Å²) < 4.78 is 19.5. The van der Waals surface area contributed by atoms with E-state index in [0.717, 1.165) is 82.5 Å². The summed E-state index contributed by atoms with van der Waals surface area (Å²) in [5.41, 5.74) is 27.6. The van der Waals surface area contributed by atoms with Gasteiger partial charge < -0.3 is 13.3 Å². The van der Waals surface area contributed by atoms with Crippen LogP contribution in [0.4, 0.5) is 0 Å². The summed E-state index contributed by atoms with van der Waals surface area (Å²) in [5, 5.41) is 31.6. The van der Waals surface area contributed by atoms with Gasteiger partial charge in [0.1, 0.15) is 33.5 Å². The van der Waals surface area contributed by atoms with Crippen LogP contribution in [0.2, 0.25) is 0 Å². The van der Waals surface area contributed by atoms with Crippen LogP contribution in [0.1, 0.15) is 0 Å². The monoisotopic (exact) mass is 1690 g/mol. The highest BCUT2D eigenvalue weighted by Gasteiger charge is 2.25. The first kappa shape index (κ1) is 76.7. The van der Waals surface area contributed by atoms with E-state index < -0.39 is 0 Å². The number of hydrogen-bond acceptors (Lipinski definition) is 3. The fourth-order valence-corrected chi connectivity index (χ4v) is 21.4. The molecule has 0 spiro atoms. The van der Waals surface area contributed by atoms with Crippen LogP contribution in [0.5, 0.6) is 0 Å². The second-order valence-corrected chi connectivity index (χ2v) is 35.0. The maximum Gasteiger partial charge on any atom is 0.136 e. The van der Waals surface area contributed by atoms with Crippen molar-refractivity contribution in [2.24, 2.45) is 0 Å². The second kappa shape index (κ2) is 31.8. The highest BCUT2D eigenvalue weighted by atomic mass is 16.3. The Hall–Kier alpha value is -17.5. The minimum Gasteiger partial charge on any atom is -0.456 e. The van der Waals surface area contributed by atoms with Gasteiger partial charge >= 0.3 is 0 Å². The average Bonchev–Trinajstić information content (AvgIpc) is 1.26. The van der Waals surface area contributed by atoms with Crippen molar-refractivity contribution in [3.63, 3.8) is 0 Å². The van der Waals surface area contributed by atoms with Gasteiger partial charge in [-0.2, -0.15) is 0 Å². The fraction of sp³-hybridized carbons (Fsp3) is 0. The second-order valence-electron chi connectivity index (χ2n) is 35.0. The lowest BCUT2D eigenvalue weighted by molar-refractivity contribution is 0.669. The molecule has 0 saturated carbocycles. The Kier molecular flexibility index (Phi) is 18.3. The summed E-state index contributed by atoms with van der Waals surface area (Å²) in [6.07, 6.45) is 0. The number of hydrogen-bond donors (Lipinski definition) is 0. The van der Waals surface area contributed by atoms with E-state index in [1.165, 1.54) is 191 Å². The number of rotatable bonds is 9. The van der Waals surface area contributed by atoms with Crippen molar-refractivity contribution in [1.29, 1.82) is 0 Å². The van der Waals surface area contributed by atoms with Crippen molar-refractivity contribution < 1.29 is 13.3 Å². The Morgan fingerprint density at radius 2 is 0.323 bits per heavy atom. The number of furan rings is 3. The Bertz CT molecular complexity index is 9410. The third-order valence-electron chi connectivity index (χ3n) is 27.5. The summed E-state index contributed by atoms with van der Waals surface area (Å²) in [7, 11) is 0.